The number of hydrogen-bond donors (Lipinski definition) is 1. The van der Waals surface area contributed by atoms with E-state index in [0.717, 1.165) is 31.2 Å². The van der Waals surface area contributed by atoms with Crippen LogP contribution in [0.5, 0.6) is 0 Å². The Kier molecular flexibility index (Phi) is 5.78. The van der Waals surface area contributed by atoms with Gasteiger partial charge in [0.1, 0.15) is 11.6 Å². The molecule has 0 saturated carbocycles. The van der Waals surface area contributed by atoms with Gasteiger partial charge in [-0.15, -0.1) is 0 Å². The zero-order chi connectivity index (χ0) is 22.1. The number of amides is 2. The highest BCUT2D eigenvalue weighted by Crippen LogP contribution is 2.46. The number of likely N-dealkylation sites (tertiary alicyclic amines) is 1. The van der Waals surface area contributed by atoms with E-state index >= 15 is 0 Å². The summed E-state index contributed by atoms with van der Waals surface area (Å²) in [5.74, 6) is -0.0711. The maximum atomic E-state index is 13.5. The van der Waals surface area contributed by atoms with Gasteiger partial charge in [-0.3, -0.25) is 4.79 Å². The lowest BCUT2D eigenvalue weighted by Gasteiger charge is -2.41. The summed E-state index contributed by atoms with van der Waals surface area (Å²) in [6, 6.07) is 17.4. The average molecular weight is 421 g/mol. The third kappa shape index (κ3) is 4.60. The first-order chi connectivity index (χ1) is 14.8. The van der Waals surface area contributed by atoms with E-state index < -0.39 is 17.7 Å². The highest BCUT2D eigenvalue weighted by molar-refractivity contribution is 5.87. The smallest absolute Gasteiger partial charge is 0.408 e. The summed E-state index contributed by atoms with van der Waals surface area (Å²) < 4.78 is 5.42. The molecule has 0 bridgehead atoms. The second kappa shape index (κ2) is 8.37. The number of ether oxygens (including phenoxy) is 1. The van der Waals surface area contributed by atoms with Crippen LogP contribution in [0.1, 0.15) is 62.8 Å². The minimum Gasteiger partial charge on any atom is -0.444 e. The summed E-state index contributed by atoms with van der Waals surface area (Å²) >= 11 is 0. The van der Waals surface area contributed by atoms with Gasteiger partial charge in [0.05, 0.1) is 0 Å². The number of carbonyl (C=O) groups excluding carboxylic acids is 2. The topological polar surface area (TPSA) is 58.6 Å². The van der Waals surface area contributed by atoms with E-state index in [4.69, 9.17) is 4.74 Å². The lowest BCUT2D eigenvalue weighted by atomic mass is 9.73. The van der Waals surface area contributed by atoms with Crippen molar-refractivity contribution in [1.82, 2.24) is 10.2 Å². The molecule has 1 aliphatic carbocycles. The molecular weight excluding hydrogens is 388 g/mol. The van der Waals surface area contributed by atoms with Gasteiger partial charge in [-0.25, -0.2) is 4.79 Å². The molecule has 1 fully saturated rings. The van der Waals surface area contributed by atoms with E-state index in [9.17, 15) is 9.59 Å². The summed E-state index contributed by atoms with van der Waals surface area (Å²) in [6.45, 7) is 6.85. The number of piperidine rings is 1. The van der Waals surface area contributed by atoms with Crippen molar-refractivity contribution in [2.45, 2.75) is 63.5 Å². The largest absolute Gasteiger partial charge is 0.444 e. The van der Waals surface area contributed by atoms with Gasteiger partial charge in [0.15, 0.2) is 0 Å². The third-order valence-electron chi connectivity index (χ3n) is 6.53. The van der Waals surface area contributed by atoms with Crippen LogP contribution in [0.15, 0.2) is 54.6 Å². The summed E-state index contributed by atoms with van der Waals surface area (Å²) in [4.78, 5) is 27.9. The number of nitrogens with zero attached hydrogens (tertiary/aromatic N) is 1. The first-order valence-electron chi connectivity index (χ1n) is 11.2. The maximum Gasteiger partial charge on any atom is 0.408 e. The lowest BCUT2D eigenvalue weighted by Crippen LogP contribution is -2.49. The molecule has 2 aromatic carbocycles. The molecule has 5 heteroatoms. The quantitative estimate of drug-likeness (QED) is 0.779. The molecule has 164 valence electrons. The van der Waals surface area contributed by atoms with Gasteiger partial charge in [0.2, 0.25) is 5.91 Å². The Morgan fingerprint density at radius 3 is 2.29 bits per heavy atom. The van der Waals surface area contributed by atoms with Gasteiger partial charge in [0, 0.05) is 13.1 Å². The fourth-order valence-electron chi connectivity index (χ4n) is 4.98. The van der Waals surface area contributed by atoms with Gasteiger partial charge in [-0.1, -0.05) is 54.6 Å². The minimum absolute atomic E-state index is 0.0711. The summed E-state index contributed by atoms with van der Waals surface area (Å²) in [7, 11) is 0. The van der Waals surface area contributed by atoms with Crippen LogP contribution < -0.4 is 5.32 Å². The molecule has 4 rings (SSSR count). The molecule has 0 aromatic heterocycles. The molecule has 1 spiro atoms. The molecule has 1 heterocycles. The third-order valence-corrected chi connectivity index (χ3v) is 6.53. The number of hydrogen-bond acceptors (Lipinski definition) is 3. The second-order valence-electron chi connectivity index (χ2n) is 9.75. The van der Waals surface area contributed by atoms with Crippen molar-refractivity contribution in [2.75, 3.05) is 13.1 Å². The van der Waals surface area contributed by atoms with Crippen molar-refractivity contribution in [2.24, 2.45) is 0 Å². The molecule has 1 atom stereocenters. The predicted octanol–water partition coefficient (Wildman–Crippen LogP) is 4.76. The monoisotopic (exact) mass is 420 g/mol. The molecule has 2 amide bonds. The molecule has 2 aromatic rings. The minimum atomic E-state index is -0.749. The van der Waals surface area contributed by atoms with E-state index in [1.54, 1.807) is 0 Å². The normalized spacial score (nSPS) is 18.4. The fourth-order valence-corrected chi connectivity index (χ4v) is 4.98. The zero-order valence-corrected chi connectivity index (χ0v) is 18.7. The van der Waals surface area contributed by atoms with Crippen LogP contribution >= 0.6 is 0 Å². The number of rotatable bonds is 3. The maximum absolute atomic E-state index is 13.5. The van der Waals surface area contributed by atoms with E-state index in [2.05, 4.69) is 29.6 Å². The lowest BCUT2D eigenvalue weighted by molar-refractivity contribution is -0.135. The van der Waals surface area contributed by atoms with Crippen LogP contribution in [0.4, 0.5) is 4.79 Å². The van der Waals surface area contributed by atoms with Gasteiger partial charge < -0.3 is 15.0 Å². The highest BCUT2D eigenvalue weighted by atomic mass is 16.6. The van der Waals surface area contributed by atoms with E-state index in [1.165, 1.54) is 11.1 Å². The number of nitrogens with one attached hydrogen (secondary N) is 1. The first-order valence-corrected chi connectivity index (χ1v) is 11.2. The van der Waals surface area contributed by atoms with Crippen LogP contribution in [0.25, 0.3) is 0 Å². The standard InChI is InChI=1S/C26H32N2O3/c1-25(2,3)31-24(30)27-22(20-10-5-4-6-11-20)23(29)28-17-15-26(16-18-28)14-13-19-9-7-8-12-21(19)26/h4-12,22H,13-18H2,1-3H3,(H,27,30)/t22-/m1/s1. The molecule has 1 aliphatic heterocycles. The predicted molar refractivity (Wildman–Crippen MR) is 121 cm³/mol. The SMILES string of the molecule is CC(C)(C)OC(=O)N[C@@H](C(=O)N1CCC2(CCc3ccccc32)CC1)c1ccccc1. The van der Waals surface area contributed by atoms with Crippen LogP contribution in [0, 0.1) is 0 Å². The number of aryl methyl sites for hydroxylation is 1. The Bertz CT molecular complexity index is 941. The Morgan fingerprint density at radius 2 is 1.61 bits per heavy atom. The number of carbonyl (C=O) groups is 2. The molecule has 31 heavy (non-hydrogen) atoms. The van der Waals surface area contributed by atoms with E-state index in [0.29, 0.717) is 13.1 Å². The van der Waals surface area contributed by atoms with E-state index in [-0.39, 0.29) is 11.3 Å². The molecule has 0 unspecified atom stereocenters. The van der Waals surface area contributed by atoms with Crippen LogP contribution in [-0.4, -0.2) is 35.6 Å². The van der Waals surface area contributed by atoms with Gasteiger partial charge in [-0.2, -0.15) is 0 Å². The number of fused-ring (bicyclic) bond motifs is 2. The molecule has 2 aliphatic rings. The van der Waals surface area contributed by atoms with Crippen LogP contribution in [0.3, 0.4) is 0 Å². The van der Waals surface area contributed by atoms with Gasteiger partial charge >= 0.3 is 6.09 Å². The average Bonchev–Trinajstić information content (AvgIpc) is 3.10. The molecular formula is C26H32N2O3. The molecule has 1 saturated heterocycles. The van der Waals surface area contributed by atoms with Crippen molar-refractivity contribution < 1.29 is 14.3 Å². The zero-order valence-electron chi connectivity index (χ0n) is 18.7. The Morgan fingerprint density at radius 1 is 0.968 bits per heavy atom. The van der Waals surface area contributed by atoms with Crippen LogP contribution in [-0.2, 0) is 21.4 Å². The second-order valence-corrected chi connectivity index (χ2v) is 9.75. The summed E-state index contributed by atoms with van der Waals surface area (Å²) in [5.41, 5.74) is 3.25. The van der Waals surface area contributed by atoms with Gasteiger partial charge in [-0.05, 0) is 68.6 Å². The van der Waals surface area contributed by atoms with E-state index in [1.807, 2.05) is 56.0 Å². The molecule has 5 nitrogen and oxygen atoms in total. The van der Waals surface area contributed by atoms with Crippen molar-refractivity contribution in [3.05, 3.63) is 71.3 Å². The van der Waals surface area contributed by atoms with Crippen LogP contribution in [0.2, 0.25) is 0 Å². The molecule has 1 N–H and O–H groups in total. The summed E-state index contributed by atoms with van der Waals surface area (Å²) in [6.07, 6.45) is 3.63. The fraction of sp³-hybridized carbons (Fsp3) is 0.462. The van der Waals surface area contributed by atoms with Crippen molar-refractivity contribution in [3.8, 4) is 0 Å². The number of alkyl carbamates (subject to hydrolysis) is 1. The van der Waals surface area contributed by atoms with Crippen molar-refractivity contribution in [1.29, 1.82) is 0 Å². The molecule has 0 radical (unpaired) electrons. The number of benzene rings is 2. The van der Waals surface area contributed by atoms with Gasteiger partial charge in [0.25, 0.3) is 0 Å². The highest BCUT2D eigenvalue weighted by Gasteiger charge is 2.42. The van der Waals surface area contributed by atoms with Crippen molar-refractivity contribution >= 4 is 12.0 Å². The Balaban J connectivity index is 1.49. The van der Waals surface area contributed by atoms with Crippen molar-refractivity contribution in [3.63, 3.8) is 0 Å². The first kappa shape index (κ1) is 21.4. The Labute approximate surface area is 184 Å². The summed E-state index contributed by atoms with van der Waals surface area (Å²) in [5, 5.41) is 2.81. The Hall–Kier alpha value is -2.82.